The predicted octanol–water partition coefficient (Wildman–Crippen LogP) is 4.37. The fraction of sp³-hybridized carbons (Fsp3) is 0.440. The zero-order valence-electron chi connectivity index (χ0n) is 19.8. The molecule has 4 rings (SSSR count). The third-order valence-electron chi connectivity index (χ3n) is 6.78. The molecule has 2 fully saturated rings. The fourth-order valence-electron chi connectivity index (χ4n) is 4.76. The van der Waals surface area contributed by atoms with E-state index in [-0.39, 0.29) is 32.0 Å². The number of ether oxygens (including phenoxy) is 1. The second-order valence-electron chi connectivity index (χ2n) is 9.12. The summed E-state index contributed by atoms with van der Waals surface area (Å²) < 4.78 is 29.4. The van der Waals surface area contributed by atoms with Crippen LogP contribution in [0.4, 0.5) is 0 Å². The standard InChI is InChI=1S/C25H29ClN2O5S2/c1-3-33-19-7-5-4-6-18(19)8-9-21(29)27-13-10-25(11-14-27)12-15-28(17-25)24(30)23-22(26)20(16-34-23)35(2,31)32/h4-9,16H,3,10-15,17H2,1-2H3. The number of para-hydroxylation sites is 1. The topological polar surface area (TPSA) is 84.0 Å². The zero-order valence-corrected chi connectivity index (χ0v) is 22.2. The van der Waals surface area contributed by atoms with Gasteiger partial charge in [0.25, 0.3) is 5.91 Å². The van der Waals surface area contributed by atoms with Gasteiger partial charge in [-0.25, -0.2) is 8.42 Å². The molecule has 1 aromatic heterocycles. The van der Waals surface area contributed by atoms with E-state index in [1.807, 2.05) is 36.1 Å². The summed E-state index contributed by atoms with van der Waals surface area (Å²) in [5, 5.41) is 1.45. The summed E-state index contributed by atoms with van der Waals surface area (Å²) in [5.74, 6) is 0.499. The van der Waals surface area contributed by atoms with Gasteiger partial charge in [-0.2, -0.15) is 0 Å². The SMILES string of the molecule is CCOc1ccccc1C=CC(=O)N1CCC2(CC1)CCN(C(=O)c1scc(S(C)(=O)=O)c1Cl)C2. The maximum atomic E-state index is 13.1. The Kier molecular flexibility index (Phi) is 7.59. The Morgan fingerprint density at radius 3 is 2.43 bits per heavy atom. The van der Waals surface area contributed by atoms with Crippen LogP contribution in [0.3, 0.4) is 0 Å². The van der Waals surface area contributed by atoms with E-state index < -0.39 is 9.84 Å². The molecule has 0 unspecified atom stereocenters. The molecule has 1 aromatic carbocycles. The summed E-state index contributed by atoms with van der Waals surface area (Å²) in [4.78, 5) is 29.8. The Balaban J connectivity index is 1.35. The fourth-order valence-corrected chi connectivity index (χ4v) is 7.63. The smallest absolute Gasteiger partial charge is 0.265 e. The van der Waals surface area contributed by atoms with Crippen LogP contribution in [0.15, 0.2) is 40.6 Å². The van der Waals surface area contributed by atoms with Gasteiger partial charge in [-0.1, -0.05) is 29.8 Å². The lowest BCUT2D eigenvalue weighted by atomic mass is 9.78. The third kappa shape index (κ3) is 5.57. The highest BCUT2D eigenvalue weighted by Gasteiger charge is 2.43. The van der Waals surface area contributed by atoms with E-state index in [1.165, 1.54) is 5.38 Å². The van der Waals surface area contributed by atoms with Crippen molar-refractivity contribution in [2.75, 3.05) is 39.0 Å². The number of nitrogens with zero attached hydrogens (tertiary/aromatic N) is 2. The Hall–Kier alpha value is -2.36. The number of amides is 2. The van der Waals surface area contributed by atoms with Crippen molar-refractivity contribution in [2.45, 2.75) is 31.1 Å². The Morgan fingerprint density at radius 1 is 1.14 bits per heavy atom. The molecule has 0 aliphatic carbocycles. The lowest BCUT2D eigenvalue weighted by molar-refractivity contribution is -0.128. The van der Waals surface area contributed by atoms with Gasteiger partial charge in [-0.05, 0) is 43.7 Å². The first-order valence-electron chi connectivity index (χ1n) is 11.6. The highest BCUT2D eigenvalue weighted by Crippen LogP contribution is 2.42. The van der Waals surface area contributed by atoms with Crippen LogP contribution in [0.25, 0.3) is 6.08 Å². The molecular weight excluding hydrogens is 508 g/mol. The molecule has 2 amide bonds. The number of carbonyl (C=O) groups is 2. The summed E-state index contributed by atoms with van der Waals surface area (Å²) in [7, 11) is -3.48. The van der Waals surface area contributed by atoms with Gasteiger partial charge in [0.2, 0.25) is 5.91 Å². The number of piperidine rings is 1. The summed E-state index contributed by atoms with van der Waals surface area (Å²) >= 11 is 7.31. The van der Waals surface area contributed by atoms with E-state index in [2.05, 4.69) is 0 Å². The van der Waals surface area contributed by atoms with Crippen molar-refractivity contribution < 1.29 is 22.7 Å². The van der Waals surface area contributed by atoms with Crippen molar-refractivity contribution >= 4 is 50.7 Å². The van der Waals surface area contributed by atoms with E-state index in [0.717, 1.165) is 48.2 Å². The minimum atomic E-state index is -3.48. The summed E-state index contributed by atoms with van der Waals surface area (Å²) in [6.45, 7) is 4.95. The molecule has 0 atom stereocenters. The lowest BCUT2D eigenvalue weighted by Gasteiger charge is -2.38. The van der Waals surface area contributed by atoms with Gasteiger partial charge < -0.3 is 14.5 Å². The van der Waals surface area contributed by atoms with Crippen LogP contribution in [0.5, 0.6) is 5.75 Å². The van der Waals surface area contributed by atoms with Gasteiger partial charge in [0.15, 0.2) is 9.84 Å². The second kappa shape index (κ2) is 10.3. The average Bonchev–Trinajstić information content (AvgIpc) is 3.42. The summed E-state index contributed by atoms with van der Waals surface area (Å²) in [6.07, 6.45) is 6.97. The van der Waals surface area contributed by atoms with E-state index in [0.29, 0.717) is 32.8 Å². The van der Waals surface area contributed by atoms with Crippen LogP contribution in [-0.4, -0.2) is 69.1 Å². The molecule has 0 saturated carbocycles. The van der Waals surface area contributed by atoms with E-state index in [9.17, 15) is 18.0 Å². The monoisotopic (exact) mass is 536 g/mol. The number of benzene rings is 1. The minimum Gasteiger partial charge on any atom is -0.493 e. The van der Waals surface area contributed by atoms with Gasteiger partial charge in [-0.3, -0.25) is 9.59 Å². The van der Waals surface area contributed by atoms with E-state index in [1.54, 1.807) is 17.1 Å². The molecule has 3 heterocycles. The summed E-state index contributed by atoms with van der Waals surface area (Å²) in [6, 6.07) is 7.62. The largest absolute Gasteiger partial charge is 0.493 e. The number of carbonyl (C=O) groups excluding carboxylic acids is 2. The molecule has 1 spiro atoms. The van der Waals surface area contributed by atoms with E-state index >= 15 is 0 Å². The summed E-state index contributed by atoms with van der Waals surface area (Å²) in [5.41, 5.74) is 0.841. The molecule has 2 aromatic rings. The molecule has 188 valence electrons. The molecular formula is C25H29ClN2O5S2. The molecule has 7 nitrogen and oxygen atoms in total. The number of halogens is 1. The molecule has 2 saturated heterocycles. The highest BCUT2D eigenvalue weighted by molar-refractivity contribution is 7.91. The maximum absolute atomic E-state index is 13.1. The number of hydrogen-bond donors (Lipinski definition) is 0. The van der Waals surface area contributed by atoms with Crippen molar-refractivity contribution in [3.63, 3.8) is 0 Å². The molecule has 2 aliphatic rings. The first-order valence-corrected chi connectivity index (χ1v) is 14.7. The molecule has 10 heteroatoms. The average molecular weight is 537 g/mol. The van der Waals surface area contributed by atoms with Crippen molar-refractivity contribution in [1.29, 1.82) is 0 Å². The number of thiophene rings is 1. The molecule has 0 bridgehead atoms. The van der Waals surface area contributed by atoms with Crippen LogP contribution < -0.4 is 4.74 Å². The van der Waals surface area contributed by atoms with Gasteiger partial charge >= 0.3 is 0 Å². The van der Waals surface area contributed by atoms with Crippen LogP contribution in [-0.2, 0) is 14.6 Å². The van der Waals surface area contributed by atoms with Crippen molar-refractivity contribution in [3.05, 3.63) is 51.2 Å². The lowest BCUT2D eigenvalue weighted by Crippen LogP contribution is -2.44. The molecule has 2 aliphatic heterocycles. The zero-order chi connectivity index (χ0) is 25.2. The Morgan fingerprint density at radius 2 is 1.80 bits per heavy atom. The van der Waals surface area contributed by atoms with Crippen LogP contribution in [0.2, 0.25) is 5.02 Å². The first-order chi connectivity index (χ1) is 16.6. The van der Waals surface area contributed by atoms with E-state index in [4.69, 9.17) is 16.3 Å². The molecule has 35 heavy (non-hydrogen) atoms. The van der Waals surface area contributed by atoms with Gasteiger partial charge in [0.1, 0.15) is 10.6 Å². The minimum absolute atomic E-state index is 0.00480. The number of hydrogen-bond acceptors (Lipinski definition) is 6. The number of rotatable bonds is 6. The van der Waals surface area contributed by atoms with Gasteiger partial charge in [0.05, 0.1) is 16.5 Å². The Labute approximate surface area is 215 Å². The van der Waals surface area contributed by atoms with Gasteiger partial charge in [-0.15, -0.1) is 11.3 Å². The maximum Gasteiger partial charge on any atom is 0.265 e. The molecule has 0 N–H and O–H groups in total. The normalized spacial score (nSPS) is 17.9. The quantitative estimate of drug-likeness (QED) is 0.512. The highest BCUT2D eigenvalue weighted by atomic mass is 35.5. The Bertz CT molecular complexity index is 1250. The second-order valence-corrected chi connectivity index (χ2v) is 12.4. The molecule has 0 radical (unpaired) electrons. The van der Waals surface area contributed by atoms with Crippen molar-refractivity contribution in [3.8, 4) is 5.75 Å². The van der Waals surface area contributed by atoms with Crippen LogP contribution in [0, 0.1) is 5.41 Å². The number of likely N-dealkylation sites (tertiary alicyclic amines) is 2. The van der Waals surface area contributed by atoms with Crippen LogP contribution >= 0.6 is 22.9 Å². The van der Waals surface area contributed by atoms with Crippen LogP contribution in [0.1, 0.15) is 41.4 Å². The number of sulfone groups is 1. The van der Waals surface area contributed by atoms with Crippen molar-refractivity contribution in [1.82, 2.24) is 9.80 Å². The third-order valence-corrected chi connectivity index (χ3v) is 9.63. The predicted molar refractivity (Wildman–Crippen MR) is 138 cm³/mol. The van der Waals surface area contributed by atoms with Crippen molar-refractivity contribution in [2.24, 2.45) is 5.41 Å². The van der Waals surface area contributed by atoms with Gasteiger partial charge in [0, 0.05) is 49.5 Å². The first kappa shape index (κ1) is 25.7.